The average molecular weight is 354 g/mol. The molecule has 1 aliphatic heterocycles. The molecule has 1 amide bonds. The second-order valence-corrected chi connectivity index (χ2v) is 6.14. The molecule has 2 atom stereocenters. The normalized spacial score (nSPS) is 21.9. The summed E-state index contributed by atoms with van der Waals surface area (Å²) in [5, 5.41) is 14.0. The van der Waals surface area contributed by atoms with Gasteiger partial charge in [-0.3, -0.25) is 5.32 Å². The van der Waals surface area contributed by atoms with E-state index in [1.165, 1.54) is 7.11 Å². The van der Waals surface area contributed by atoms with Crippen molar-refractivity contribution in [2.75, 3.05) is 19.0 Å². The van der Waals surface area contributed by atoms with Crippen LogP contribution in [0.2, 0.25) is 0 Å². The molecule has 2 aromatic carbocycles. The second-order valence-electron chi connectivity index (χ2n) is 6.14. The van der Waals surface area contributed by atoms with Gasteiger partial charge in [-0.15, -0.1) is 0 Å². The molecule has 0 aromatic heterocycles. The standard InChI is InChI=1S/C20H22N2O4/c1-14(15-8-4-3-5-9-15)21-18-20(24,12-13-26-18)16-10-6-7-11-17(16)22-19(23)25-2/h3-11,14,24H,12-13H2,1-2H3,(H,22,23)/t14-,20?/m0/s1. The third-order valence-corrected chi connectivity index (χ3v) is 4.44. The minimum Gasteiger partial charge on any atom is -0.478 e. The Balaban J connectivity index is 1.96. The van der Waals surface area contributed by atoms with Gasteiger partial charge in [0.15, 0.2) is 5.60 Å². The predicted molar refractivity (Wildman–Crippen MR) is 99.2 cm³/mol. The zero-order valence-corrected chi connectivity index (χ0v) is 14.8. The molecule has 0 bridgehead atoms. The Bertz CT molecular complexity index is 806. The summed E-state index contributed by atoms with van der Waals surface area (Å²) < 4.78 is 10.3. The lowest BCUT2D eigenvalue weighted by Gasteiger charge is -2.25. The fourth-order valence-corrected chi connectivity index (χ4v) is 3.01. The Morgan fingerprint density at radius 3 is 2.65 bits per heavy atom. The molecule has 26 heavy (non-hydrogen) atoms. The van der Waals surface area contributed by atoms with E-state index in [1.54, 1.807) is 24.3 Å². The second kappa shape index (κ2) is 7.58. The van der Waals surface area contributed by atoms with Gasteiger partial charge in [-0.1, -0.05) is 48.5 Å². The Labute approximate surface area is 152 Å². The van der Waals surface area contributed by atoms with Crippen molar-refractivity contribution in [2.45, 2.75) is 25.0 Å². The number of rotatable bonds is 4. The van der Waals surface area contributed by atoms with E-state index < -0.39 is 11.7 Å². The van der Waals surface area contributed by atoms with Crippen LogP contribution in [-0.2, 0) is 15.1 Å². The van der Waals surface area contributed by atoms with Gasteiger partial charge in [0, 0.05) is 12.0 Å². The van der Waals surface area contributed by atoms with Gasteiger partial charge in [0.25, 0.3) is 0 Å². The summed E-state index contributed by atoms with van der Waals surface area (Å²) >= 11 is 0. The van der Waals surface area contributed by atoms with E-state index >= 15 is 0 Å². The molecule has 1 aliphatic rings. The number of amides is 1. The molecule has 1 unspecified atom stereocenters. The molecule has 0 radical (unpaired) electrons. The lowest BCUT2D eigenvalue weighted by molar-refractivity contribution is 0.115. The van der Waals surface area contributed by atoms with Gasteiger partial charge in [-0.25, -0.2) is 9.79 Å². The number of anilines is 1. The Morgan fingerprint density at radius 2 is 1.92 bits per heavy atom. The maximum absolute atomic E-state index is 11.6. The number of carbonyl (C=O) groups is 1. The summed E-state index contributed by atoms with van der Waals surface area (Å²) in [6.45, 7) is 2.30. The Hall–Kier alpha value is -2.86. The van der Waals surface area contributed by atoms with Crippen molar-refractivity contribution in [1.82, 2.24) is 0 Å². The Kier molecular flexibility index (Phi) is 5.23. The van der Waals surface area contributed by atoms with Crippen LogP contribution in [0.1, 0.15) is 30.5 Å². The highest BCUT2D eigenvalue weighted by atomic mass is 16.5. The molecule has 0 spiro atoms. The summed E-state index contributed by atoms with van der Waals surface area (Å²) in [6, 6.07) is 16.7. The highest BCUT2D eigenvalue weighted by Gasteiger charge is 2.44. The largest absolute Gasteiger partial charge is 0.478 e. The zero-order chi connectivity index (χ0) is 18.6. The fourth-order valence-electron chi connectivity index (χ4n) is 3.01. The van der Waals surface area contributed by atoms with Crippen LogP contribution < -0.4 is 5.32 Å². The van der Waals surface area contributed by atoms with E-state index in [2.05, 4.69) is 15.0 Å². The number of para-hydroxylation sites is 1. The highest BCUT2D eigenvalue weighted by molar-refractivity contribution is 5.93. The summed E-state index contributed by atoms with van der Waals surface area (Å²) in [6.07, 6.45) is -0.246. The van der Waals surface area contributed by atoms with Crippen molar-refractivity contribution in [1.29, 1.82) is 0 Å². The fraction of sp³-hybridized carbons (Fsp3) is 0.300. The molecule has 0 saturated carbocycles. The minimum atomic E-state index is -1.40. The lowest BCUT2D eigenvalue weighted by Crippen LogP contribution is -2.33. The van der Waals surface area contributed by atoms with Crippen LogP contribution in [0, 0.1) is 0 Å². The summed E-state index contributed by atoms with van der Waals surface area (Å²) in [5.41, 5.74) is 0.619. The third kappa shape index (κ3) is 3.55. The van der Waals surface area contributed by atoms with Gasteiger partial charge in [-0.05, 0) is 18.6 Å². The van der Waals surface area contributed by atoms with E-state index in [-0.39, 0.29) is 11.9 Å². The first-order valence-electron chi connectivity index (χ1n) is 8.47. The van der Waals surface area contributed by atoms with Crippen LogP contribution in [0.25, 0.3) is 0 Å². The molecule has 3 rings (SSSR count). The number of aliphatic imine (C=N–C) groups is 1. The van der Waals surface area contributed by atoms with Gasteiger partial charge < -0.3 is 14.6 Å². The van der Waals surface area contributed by atoms with Gasteiger partial charge in [0.1, 0.15) is 0 Å². The van der Waals surface area contributed by atoms with Crippen LogP contribution in [0.15, 0.2) is 59.6 Å². The van der Waals surface area contributed by atoms with Crippen molar-refractivity contribution < 1.29 is 19.4 Å². The van der Waals surface area contributed by atoms with Crippen molar-refractivity contribution >= 4 is 17.7 Å². The van der Waals surface area contributed by atoms with Gasteiger partial charge in [0.2, 0.25) is 5.90 Å². The van der Waals surface area contributed by atoms with Crippen molar-refractivity contribution in [3.63, 3.8) is 0 Å². The van der Waals surface area contributed by atoms with Crippen LogP contribution in [0.5, 0.6) is 0 Å². The zero-order valence-electron chi connectivity index (χ0n) is 14.8. The number of ether oxygens (including phenoxy) is 2. The summed E-state index contributed by atoms with van der Waals surface area (Å²) in [7, 11) is 1.29. The molecule has 1 fully saturated rings. The van der Waals surface area contributed by atoms with E-state index in [4.69, 9.17) is 4.74 Å². The molecule has 1 saturated heterocycles. The van der Waals surface area contributed by atoms with E-state index in [0.29, 0.717) is 24.3 Å². The van der Waals surface area contributed by atoms with Crippen molar-refractivity contribution in [3.8, 4) is 0 Å². The number of benzene rings is 2. The predicted octanol–water partition coefficient (Wildman–Crippen LogP) is 3.63. The number of methoxy groups -OCH3 is 1. The minimum absolute atomic E-state index is 0.170. The van der Waals surface area contributed by atoms with E-state index in [1.807, 2.05) is 37.3 Å². The number of hydrogen-bond acceptors (Lipinski definition) is 5. The monoisotopic (exact) mass is 354 g/mol. The van der Waals surface area contributed by atoms with Crippen LogP contribution >= 0.6 is 0 Å². The van der Waals surface area contributed by atoms with Gasteiger partial charge in [-0.2, -0.15) is 0 Å². The molecule has 6 heteroatoms. The highest BCUT2D eigenvalue weighted by Crippen LogP contribution is 2.38. The van der Waals surface area contributed by atoms with Crippen molar-refractivity contribution in [2.24, 2.45) is 4.99 Å². The molecule has 6 nitrogen and oxygen atoms in total. The molecule has 2 N–H and O–H groups in total. The van der Waals surface area contributed by atoms with Gasteiger partial charge in [0.05, 0.1) is 25.4 Å². The number of hydrogen-bond donors (Lipinski definition) is 2. The van der Waals surface area contributed by atoms with Crippen molar-refractivity contribution in [3.05, 3.63) is 65.7 Å². The van der Waals surface area contributed by atoms with Gasteiger partial charge >= 0.3 is 6.09 Å². The SMILES string of the molecule is COC(=O)Nc1ccccc1C1(O)CCOC1=N[C@@H](C)c1ccccc1. The maximum Gasteiger partial charge on any atom is 0.411 e. The van der Waals surface area contributed by atoms with E-state index in [9.17, 15) is 9.90 Å². The maximum atomic E-state index is 11.6. The number of carbonyl (C=O) groups excluding carboxylic acids is 1. The Morgan fingerprint density at radius 1 is 1.23 bits per heavy atom. The summed E-state index contributed by atoms with van der Waals surface area (Å²) in [4.78, 5) is 16.2. The smallest absolute Gasteiger partial charge is 0.411 e. The lowest BCUT2D eigenvalue weighted by atomic mass is 9.90. The third-order valence-electron chi connectivity index (χ3n) is 4.44. The average Bonchev–Trinajstić information content (AvgIpc) is 3.04. The number of aliphatic hydroxyl groups is 1. The molecule has 2 aromatic rings. The molecule has 136 valence electrons. The molecular formula is C20H22N2O4. The molecule has 1 heterocycles. The quantitative estimate of drug-likeness (QED) is 0.878. The first kappa shape index (κ1) is 17.9. The van der Waals surface area contributed by atoms with Crippen LogP contribution in [0.3, 0.4) is 0 Å². The first-order chi connectivity index (χ1) is 12.5. The number of nitrogens with one attached hydrogen (secondary N) is 1. The van der Waals surface area contributed by atoms with E-state index in [0.717, 1.165) is 5.56 Å². The van der Waals surface area contributed by atoms with Crippen LogP contribution in [-0.4, -0.2) is 30.8 Å². The molecule has 0 aliphatic carbocycles. The topological polar surface area (TPSA) is 80.2 Å². The first-order valence-corrected chi connectivity index (χ1v) is 8.47. The van der Waals surface area contributed by atoms with Crippen LogP contribution in [0.4, 0.5) is 10.5 Å². The number of nitrogens with zero attached hydrogens (tertiary/aromatic N) is 1. The summed E-state index contributed by atoms with van der Waals surface area (Å²) in [5.74, 6) is 0.257. The molecular weight excluding hydrogens is 332 g/mol.